The van der Waals surface area contributed by atoms with Crippen molar-refractivity contribution in [2.45, 2.75) is 75.8 Å². The lowest BCUT2D eigenvalue weighted by atomic mass is 9.33. The van der Waals surface area contributed by atoms with Crippen molar-refractivity contribution in [1.29, 1.82) is 0 Å². The summed E-state index contributed by atoms with van der Waals surface area (Å²) in [6, 6.07) is 0. The second kappa shape index (κ2) is 5.12. The summed E-state index contributed by atoms with van der Waals surface area (Å²) < 4.78 is 0. The lowest BCUT2D eigenvalue weighted by Gasteiger charge is -2.45. The molecule has 0 atom stereocenters. The zero-order valence-electron chi connectivity index (χ0n) is 10.7. The minimum atomic E-state index is 1.00. The van der Waals surface area contributed by atoms with Gasteiger partial charge in [0.25, 0.3) is 0 Å². The molecule has 0 amide bonds. The third-order valence-corrected chi connectivity index (χ3v) is 5.33. The summed E-state index contributed by atoms with van der Waals surface area (Å²) in [6.45, 7) is 3.83. The van der Waals surface area contributed by atoms with Crippen molar-refractivity contribution >= 4 is 6.85 Å². The molecular formula is C14H26BN. The summed E-state index contributed by atoms with van der Waals surface area (Å²) in [5.41, 5.74) is 0. The lowest BCUT2D eigenvalue weighted by molar-refractivity contribution is 0.358. The van der Waals surface area contributed by atoms with Gasteiger partial charge >= 0.3 is 0 Å². The van der Waals surface area contributed by atoms with Crippen LogP contribution in [0.4, 0.5) is 0 Å². The van der Waals surface area contributed by atoms with Crippen molar-refractivity contribution in [2.75, 3.05) is 13.1 Å². The van der Waals surface area contributed by atoms with Crippen LogP contribution >= 0.6 is 0 Å². The van der Waals surface area contributed by atoms with Crippen LogP contribution in [-0.4, -0.2) is 24.7 Å². The van der Waals surface area contributed by atoms with Gasteiger partial charge in [-0.15, -0.1) is 0 Å². The van der Waals surface area contributed by atoms with Crippen molar-refractivity contribution in [2.24, 2.45) is 0 Å². The molecule has 0 unspecified atom stereocenters. The smallest absolute Gasteiger partial charge is 0.229 e. The Labute approximate surface area is 101 Å². The topological polar surface area (TPSA) is 3.24 Å². The molecule has 0 spiro atoms. The molecular weight excluding hydrogens is 193 g/mol. The molecule has 0 aromatic rings. The summed E-state index contributed by atoms with van der Waals surface area (Å²) in [7, 11) is 0. The van der Waals surface area contributed by atoms with Crippen LogP contribution < -0.4 is 0 Å². The van der Waals surface area contributed by atoms with Gasteiger partial charge in [0.1, 0.15) is 0 Å². The molecule has 3 fully saturated rings. The molecule has 0 aromatic carbocycles. The van der Waals surface area contributed by atoms with E-state index in [-0.39, 0.29) is 0 Å². The Morgan fingerprint density at radius 3 is 1.62 bits per heavy atom. The molecule has 90 valence electrons. The molecule has 3 aliphatic heterocycles. The third-order valence-electron chi connectivity index (χ3n) is 5.33. The van der Waals surface area contributed by atoms with Crippen LogP contribution in [-0.2, 0) is 0 Å². The SMILES string of the molecule is C1CCCN(B2C3CCCC2CCC3)CC1. The van der Waals surface area contributed by atoms with Crippen molar-refractivity contribution in [3.8, 4) is 0 Å². The van der Waals surface area contributed by atoms with Crippen LogP contribution in [0.15, 0.2) is 0 Å². The van der Waals surface area contributed by atoms with E-state index in [0.717, 1.165) is 18.5 Å². The van der Waals surface area contributed by atoms with Gasteiger partial charge in [-0.3, -0.25) is 0 Å². The monoisotopic (exact) mass is 219 g/mol. The second-order valence-corrected chi connectivity index (χ2v) is 6.32. The van der Waals surface area contributed by atoms with Gasteiger partial charge in [-0.2, -0.15) is 0 Å². The van der Waals surface area contributed by atoms with Gasteiger partial charge in [0, 0.05) is 0 Å². The average molecular weight is 219 g/mol. The molecule has 3 aliphatic rings. The van der Waals surface area contributed by atoms with Gasteiger partial charge in [0.05, 0.1) is 0 Å². The Hall–Kier alpha value is 0.0249. The summed E-state index contributed by atoms with van der Waals surface area (Å²) in [4.78, 5) is 2.90. The molecule has 2 bridgehead atoms. The zero-order chi connectivity index (χ0) is 10.8. The third kappa shape index (κ3) is 2.18. The van der Waals surface area contributed by atoms with Crippen LogP contribution in [0.1, 0.15) is 64.2 Å². The number of fused-ring (bicyclic) bond motifs is 2. The number of nitrogens with zero attached hydrogens (tertiary/aromatic N) is 1. The molecule has 16 heavy (non-hydrogen) atoms. The van der Waals surface area contributed by atoms with E-state index in [0.29, 0.717) is 0 Å². The molecule has 3 rings (SSSR count). The van der Waals surface area contributed by atoms with Gasteiger partial charge in [-0.05, 0) is 37.6 Å². The predicted molar refractivity (Wildman–Crippen MR) is 71.0 cm³/mol. The highest BCUT2D eigenvalue weighted by Crippen LogP contribution is 2.47. The van der Waals surface area contributed by atoms with E-state index in [4.69, 9.17) is 0 Å². The minimum absolute atomic E-state index is 1.00. The first-order valence-corrected chi connectivity index (χ1v) is 7.69. The van der Waals surface area contributed by atoms with E-state index >= 15 is 0 Å². The average Bonchev–Trinajstić information content (AvgIpc) is 2.56. The number of hydrogen-bond acceptors (Lipinski definition) is 1. The molecule has 0 aliphatic carbocycles. The van der Waals surface area contributed by atoms with Crippen LogP contribution in [0.5, 0.6) is 0 Å². The Bertz CT molecular complexity index is 201. The molecule has 0 N–H and O–H groups in total. The zero-order valence-corrected chi connectivity index (χ0v) is 10.7. The second-order valence-electron chi connectivity index (χ2n) is 6.32. The number of rotatable bonds is 1. The maximum absolute atomic E-state index is 2.90. The molecule has 0 aromatic heterocycles. The molecule has 0 radical (unpaired) electrons. The molecule has 1 nitrogen and oxygen atoms in total. The Kier molecular flexibility index (Phi) is 3.56. The van der Waals surface area contributed by atoms with E-state index in [2.05, 4.69) is 4.81 Å². The summed E-state index contributed by atoms with van der Waals surface area (Å²) in [5.74, 6) is 2.15. The van der Waals surface area contributed by atoms with Crippen molar-refractivity contribution in [3.05, 3.63) is 0 Å². The van der Waals surface area contributed by atoms with Gasteiger partial charge in [0.2, 0.25) is 6.85 Å². The fourth-order valence-corrected chi connectivity index (χ4v) is 4.63. The van der Waals surface area contributed by atoms with Crippen molar-refractivity contribution in [1.82, 2.24) is 4.81 Å². The van der Waals surface area contributed by atoms with Crippen molar-refractivity contribution < 1.29 is 0 Å². The molecule has 3 saturated heterocycles. The quantitative estimate of drug-likeness (QED) is 0.603. The maximum Gasteiger partial charge on any atom is 0.229 e. The highest BCUT2D eigenvalue weighted by atomic mass is 15.1. The summed E-state index contributed by atoms with van der Waals surface area (Å²) in [5, 5.41) is 0. The molecule has 2 heteroatoms. The Morgan fingerprint density at radius 1 is 0.625 bits per heavy atom. The standard InChI is InChI=1S/C14H26BN/c1-2-4-12-16(11-3-1)15-13-7-5-8-14(15)10-6-9-13/h13-14H,1-12H2. The predicted octanol–water partition coefficient (Wildman–Crippen LogP) is 3.96. The fourth-order valence-electron chi connectivity index (χ4n) is 4.63. The first-order valence-electron chi connectivity index (χ1n) is 7.69. The summed E-state index contributed by atoms with van der Waals surface area (Å²) in [6.07, 6.45) is 15.1. The molecule has 3 heterocycles. The minimum Gasteiger partial charge on any atom is -0.341 e. The van der Waals surface area contributed by atoms with E-state index in [1.54, 1.807) is 0 Å². The fraction of sp³-hybridized carbons (Fsp3) is 1.00. The van der Waals surface area contributed by atoms with Crippen LogP contribution in [0.3, 0.4) is 0 Å². The van der Waals surface area contributed by atoms with E-state index in [1.807, 2.05) is 0 Å². The van der Waals surface area contributed by atoms with Crippen molar-refractivity contribution in [3.63, 3.8) is 0 Å². The van der Waals surface area contributed by atoms with E-state index < -0.39 is 0 Å². The number of hydrogen-bond donors (Lipinski definition) is 0. The normalized spacial score (nSPS) is 37.1. The maximum atomic E-state index is 2.90. The van der Waals surface area contributed by atoms with Crippen LogP contribution in [0, 0.1) is 0 Å². The highest BCUT2D eigenvalue weighted by molar-refractivity contribution is 6.59. The van der Waals surface area contributed by atoms with Crippen LogP contribution in [0.2, 0.25) is 11.6 Å². The van der Waals surface area contributed by atoms with E-state index in [9.17, 15) is 0 Å². The van der Waals surface area contributed by atoms with Gasteiger partial charge in [-0.25, -0.2) is 0 Å². The van der Waals surface area contributed by atoms with Gasteiger partial charge < -0.3 is 4.81 Å². The first-order chi connectivity index (χ1) is 7.95. The lowest BCUT2D eigenvalue weighted by Crippen LogP contribution is -2.49. The highest BCUT2D eigenvalue weighted by Gasteiger charge is 2.42. The molecule has 0 saturated carbocycles. The Morgan fingerprint density at radius 2 is 1.12 bits per heavy atom. The largest absolute Gasteiger partial charge is 0.341 e. The van der Waals surface area contributed by atoms with Crippen LogP contribution in [0.25, 0.3) is 0 Å². The summed E-state index contributed by atoms with van der Waals surface area (Å²) >= 11 is 0. The van der Waals surface area contributed by atoms with Gasteiger partial charge in [-0.1, -0.05) is 51.4 Å². The first kappa shape index (κ1) is 11.1. The van der Waals surface area contributed by atoms with Gasteiger partial charge in [0.15, 0.2) is 0 Å². The Balaban J connectivity index is 1.70. The van der Waals surface area contributed by atoms with E-state index in [1.165, 1.54) is 77.3 Å².